The zero-order valence-electron chi connectivity index (χ0n) is 11.5. The highest BCUT2D eigenvalue weighted by Crippen LogP contribution is 2.19. The molecule has 2 heterocycles. The normalized spacial score (nSPS) is 18.1. The van der Waals surface area contributed by atoms with Crippen molar-refractivity contribution in [1.82, 2.24) is 25.2 Å². The number of halogens is 1. The molecule has 1 aromatic carbocycles. The first-order valence-electron chi connectivity index (χ1n) is 6.87. The van der Waals surface area contributed by atoms with Crippen molar-refractivity contribution in [3.8, 4) is 5.69 Å². The summed E-state index contributed by atoms with van der Waals surface area (Å²) in [7, 11) is 0. The van der Waals surface area contributed by atoms with E-state index in [1.165, 1.54) is 0 Å². The van der Waals surface area contributed by atoms with Gasteiger partial charge in [0.25, 0.3) is 0 Å². The zero-order chi connectivity index (χ0) is 13.9. The molecule has 20 heavy (non-hydrogen) atoms. The predicted octanol–water partition coefficient (Wildman–Crippen LogP) is 1.89. The third kappa shape index (κ3) is 2.85. The molecule has 0 saturated carbocycles. The topological polar surface area (TPSA) is 46.0 Å². The minimum absolute atomic E-state index is 0.290. The maximum atomic E-state index is 5.90. The van der Waals surface area contributed by atoms with Crippen molar-refractivity contribution in [3.63, 3.8) is 0 Å². The molecule has 3 rings (SSSR count). The molecule has 1 aliphatic heterocycles. The van der Waals surface area contributed by atoms with Crippen molar-refractivity contribution in [2.75, 3.05) is 26.2 Å². The summed E-state index contributed by atoms with van der Waals surface area (Å²) in [5.74, 6) is 0. The van der Waals surface area contributed by atoms with Gasteiger partial charge in [0.05, 0.1) is 23.6 Å². The molecule has 1 aliphatic rings. The van der Waals surface area contributed by atoms with Crippen molar-refractivity contribution < 1.29 is 0 Å². The fourth-order valence-electron chi connectivity index (χ4n) is 2.44. The van der Waals surface area contributed by atoms with Gasteiger partial charge in [-0.1, -0.05) is 16.8 Å². The van der Waals surface area contributed by atoms with Gasteiger partial charge in [0.2, 0.25) is 0 Å². The number of hydrogen-bond donors (Lipinski definition) is 1. The Balaban J connectivity index is 1.77. The van der Waals surface area contributed by atoms with Crippen molar-refractivity contribution in [1.29, 1.82) is 0 Å². The van der Waals surface area contributed by atoms with E-state index >= 15 is 0 Å². The summed E-state index contributed by atoms with van der Waals surface area (Å²) in [4.78, 5) is 2.42. The van der Waals surface area contributed by atoms with Gasteiger partial charge in [-0.3, -0.25) is 4.90 Å². The summed E-state index contributed by atoms with van der Waals surface area (Å²) in [6.45, 7) is 6.36. The van der Waals surface area contributed by atoms with Crippen LogP contribution in [0, 0.1) is 0 Å². The van der Waals surface area contributed by atoms with Gasteiger partial charge in [0, 0.05) is 31.2 Å². The van der Waals surface area contributed by atoms with Gasteiger partial charge in [0.1, 0.15) is 0 Å². The Kier molecular flexibility index (Phi) is 4.00. The maximum absolute atomic E-state index is 5.90. The molecule has 0 spiro atoms. The summed E-state index contributed by atoms with van der Waals surface area (Å²) in [5, 5.41) is 12.6. The van der Waals surface area contributed by atoms with E-state index in [0.717, 1.165) is 42.6 Å². The smallest absolute Gasteiger partial charge is 0.1000 e. The third-order valence-corrected chi connectivity index (χ3v) is 3.98. The summed E-state index contributed by atoms with van der Waals surface area (Å²) in [6, 6.07) is 7.89. The summed E-state index contributed by atoms with van der Waals surface area (Å²) < 4.78 is 1.80. The highest BCUT2D eigenvalue weighted by atomic mass is 35.5. The number of hydrogen-bond acceptors (Lipinski definition) is 4. The van der Waals surface area contributed by atoms with Crippen LogP contribution >= 0.6 is 11.6 Å². The van der Waals surface area contributed by atoms with Gasteiger partial charge in [0.15, 0.2) is 0 Å². The van der Waals surface area contributed by atoms with Gasteiger partial charge in [-0.15, -0.1) is 5.10 Å². The SMILES string of the molecule is CC(c1cn(-c2ccc(Cl)cc2)nn1)N1CCNCC1. The highest BCUT2D eigenvalue weighted by molar-refractivity contribution is 6.30. The third-order valence-electron chi connectivity index (χ3n) is 3.73. The molecular formula is C14H18ClN5. The molecule has 106 valence electrons. The first kappa shape index (κ1) is 13.5. The Morgan fingerprint density at radius 1 is 1.20 bits per heavy atom. The molecule has 1 unspecified atom stereocenters. The standard InChI is InChI=1S/C14H18ClN5/c1-11(19-8-6-16-7-9-19)14-10-20(18-17-14)13-4-2-12(15)3-5-13/h2-5,10-11,16H,6-9H2,1H3. The quantitative estimate of drug-likeness (QED) is 0.938. The molecule has 1 saturated heterocycles. The highest BCUT2D eigenvalue weighted by Gasteiger charge is 2.20. The summed E-state index contributed by atoms with van der Waals surface area (Å²) in [6.07, 6.45) is 2.00. The average molecular weight is 292 g/mol. The number of rotatable bonds is 3. The van der Waals surface area contributed by atoms with E-state index in [1.807, 2.05) is 30.5 Å². The summed E-state index contributed by atoms with van der Waals surface area (Å²) >= 11 is 5.90. The van der Waals surface area contributed by atoms with Gasteiger partial charge in [-0.2, -0.15) is 0 Å². The van der Waals surface area contributed by atoms with E-state index in [0.29, 0.717) is 0 Å². The fourth-order valence-corrected chi connectivity index (χ4v) is 2.57. The number of aromatic nitrogens is 3. The Labute approximate surface area is 123 Å². The van der Waals surface area contributed by atoms with Crippen LogP contribution in [0.2, 0.25) is 5.02 Å². The van der Waals surface area contributed by atoms with E-state index in [1.54, 1.807) is 4.68 Å². The lowest BCUT2D eigenvalue weighted by Crippen LogP contribution is -2.44. The van der Waals surface area contributed by atoms with Crippen molar-refractivity contribution in [2.24, 2.45) is 0 Å². The Morgan fingerprint density at radius 3 is 2.60 bits per heavy atom. The van der Waals surface area contributed by atoms with E-state index in [9.17, 15) is 0 Å². The number of nitrogens with one attached hydrogen (secondary N) is 1. The number of piperazine rings is 1. The first-order chi connectivity index (χ1) is 9.74. The van der Waals surface area contributed by atoms with Gasteiger partial charge in [-0.05, 0) is 31.2 Å². The Hall–Kier alpha value is -1.43. The molecule has 0 aliphatic carbocycles. The molecular weight excluding hydrogens is 274 g/mol. The fraction of sp³-hybridized carbons (Fsp3) is 0.429. The van der Waals surface area contributed by atoms with Crippen LogP contribution < -0.4 is 5.32 Å². The molecule has 1 N–H and O–H groups in total. The Bertz CT molecular complexity index is 559. The van der Waals surface area contributed by atoms with Crippen LogP contribution in [0.5, 0.6) is 0 Å². The minimum Gasteiger partial charge on any atom is -0.314 e. The molecule has 1 aromatic heterocycles. The molecule has 1 atom stereocenters. The van der Waals surface area contributed by atoms with Crippen LogP contribution in [0.1, 0.15) is 18.7 Å². The predicted molar refractivity (Wildman–Crippen MR) is 79.2 cm³/mol. The zero-order valence-corrected chi connectivity index (χ0v) is 12.2. The lowest BCUT2D eigenvalue weighted by molar-refractivity contribution is 0.182. The molecule has 0 amide bonds. The van der Waals surface area contributed by atoms with Gasteiger partial charge in [-0.25, -0.2) is 4.68 Å². The molecule has 2 aromatic rings. The number of benzene rings is 1. The van der Waals surface area contributed by atoms with Crippen LogP contribution in [0.15, 0.2) is 30.5 Å². The lowest BCUT2D eigenvalue weighted by Gasteiger charge is -2.31. The van der Waals surface area contributed by atoms with Crippen molar-refractivity contribution in [2.45, 2.75) is 13.0 Å². The average Bonchev–Trinajstić information content (AvgIpc) is 2.98. The van der Waals surface area contributed by atoms with E-state index in [-0.39, 0.29) is 6.04 Å². The second-order valence-electron chi connectivity index (χ2n) is 5.03. The van der Waals surface area contributed by atoms with Crippen LogP contribution in [0.3, 0.4) is 0 Å². The van der Waals surface area contributed by atoms with E-state index in [2.05, 4.69) is 27.5 Å². The maximum Gasteiger partial charge on any atom is 0.1000 e. The minimum atomic E-state index is 0.290. The molecule has 0 radical (unpaired) electrons. The monoisotopic (exact) mass is 291 g/mol. The van der Waals surface area contributed by atoms with Crippen LogP contribution in [-0.2, 0) is 0 Å². The molecule has 0 bridgehead atoms. The molecule has 5 nitrogen and oxygen atoms in total. The lowest BCUT2D eigenvalue weighted by atomic mass is 10.2. The van der Waals surface area contributed by atoms with Crippen LogP contribution in [0.4, 0.5) is 0 Å². The summed E-state index contributed by atoms with van der Waals surface area (Å²) in [5.41, 5.74) is 1.97. The first-order valence-corrected chi connectivity index (χ1v) is 7.25. The molecule has 1 fully saturated rings. The second-order valence-corrected chi connectivity index (χ2v) is 5.46. The van der Waals surface area contributed by atoms with Gasteiger partial charge < -0.3 is 5.32 Å². The van der Waals surface area contributed by atoms with Crippen LogP contribution in [-0.4, -0.2) is 46.1 Å². The number of nitrogens with zero attached hydrogens (tertiary/aromatic N) is 4. The molecule has 6 heteroatoms. The van der Waals surface area contributed by atoms with Gasteiger partial charge >= 0.3 is 0 Å². The van der Waals surface area contributed by atoms with Crippen molar-refractivity contribution in [3.05, 3.63) is 41.2 Å². The largest absolute Gasteiger partial charge is 0.314 e. The Morgan fingerprint density at radius 2 is 1.90 bits per heavy atom. The van der Waals surface area contributed by atoms with E-state index < -0.39 is 0 Å². The van der Waals surface area contributed by atoms with Crippen molar-refractivity contribution >= 4 is 11.6 Å². The second kappa shape index (κ2) is 5.91. The van der Waals surface area contributed by atoms with E-state index in [4.69, 9.17) is 11.6 Å². The van der Waals surface area contributed by atoms with Crippen LogP contribution in [0.25, 0.3) is 5.69 Å².